The van der Waals surface area contributed by atoms with Gasteiger partial charge >= 0.3 is 0 Å². The lowest BCUT2D eigenvalue weighted by Gasteiger charge is -2.33. The van der Waals surface area contributed by atoms with E-state index in [0.29, 0.717) is 5.92 Å². The lowest BCUT2D eigenvalue weighted by Crippen LogP contribution is -2.37. The average molecular weight is 282 g/mol. The highest BCUT2D eigenvalue weighted by Crippen LogP contribution is 2.23. The number of nitrogens with zero attached hydrogens (tertiary/aromatic N) is 4. The smallest absolute Gasteiger partial charge is 0.132 e. The second-order valence-electron chi connectivity index (χ2n) is 5.89. The van der Waals surface area contributed by atoms with Gasteiger partial charge in [-0.2, -0.15) is 0 Å². The Hall–Kier alpha value is -1.97. The van der Waals surface area contributed by atoms with Gasteiger partial charge in [-0.05, 0) is 57.2 Å². The van der Waals surface area contributed by atoms with E-state index in [9.17, 15) is 0 Å². The summed E-state index contributed by atoms with van der Waals surface area (Å²) in [6, 6.07) is 8.31. The van der Waals surface area contributed by atoms with Crippen molar-refractivity contribution in [2.24, 2.45) is 5.92 Å². The molecule has 3 heterocycles. The zero-order chi connectivity index (χ0) is 14.7. The van der Waals surface area contributed by atoms with Crippen LogP contribution in [0.4, 0.5) is 5.82 Å². The zero-order valence-electron chi connectivity index (χ0n) is 12.8. The summed E-state index contributed by atoms with van der Waals surface area (Å²) in [5.41, 5.74) is 2.31. The summed E-state index contributed by atoms with van der Waals surface area (Å²) >= 11 is 0. The van der Waals surface area contributed by atoms with Crippen LogP contribution < -0.4 is 4.90 Å². The fourth-order valence-electron chi connectivity index (χ4n) is 3.07. The van der Waals surface area contributed by atoms with E-state index in [1.54, 1.807) is 0 Å². The standard InChI is InChI=1S/C17H22N4/c1-13-5-3-7-16(19-13)11-15-6-4-10-21(12-15)17-8-9-18-14(2)20-17/h3,5,7-9,15H,4,6,10-12H2,1-2H3/t15-/m1/s1. The maximum absolute atomic E-state index is 4.64. The molecule has 0 unspecified atom stereocenters. The number of rotatable bonds is 3. The van der Waals surface area contributed by atoms with E-state index in [0.717, 1.165) is 36.8 Å². The molecule has 0 spiro atoms. The van der Waals surface area contributed by atoms with Gasteiger partial charge in [0.05, 0.1) is 0 Å². The van der Waals surface area contributed by atoms with Crippen LogP contribution in [0.15, 0.2) is 30.5 Å². The number of aromatic nitrogens is 3. The average Bonchev–Trinajstić information content (AvgIpc) is 2.47. The third-order valence-corrected chi connectivity index (χ3v) is 4.05. The second kappa shape index (κ2) is 6.20. The molecule has 1 aliphatic rings. The third kappa shape index (κ3) is 3.57. The predicted octanol–water partition coefficient (Wildman–Crippen LogP) is 2.95. The first-order valence-electron chi connectivity index (χ1n) is 7.68. The molecule has 1 saturated heterocycles. The molecule has 2 aromatic heterocycles. The van der Waals surface area contributed by atoms with E-state index in [4.69, 9.17) is 0 Å². The fraction of sp³-hybridized carbons (Fsp3) is 0.471. The number of hydrogen-bond acceptors (Lipinski definition) is 4. The molecule has 0 bridgehead atoms. The normalized spacial score (nSPS) is 18.8. The quantitative estimate of drug-likeness (QED) is 0.868. The van der Waals surface area contributed by atoms with E-state index in [-0.39, 0.29) is 0 Å². The third-order valence-electron chi connectivity index (χ3n) is 4.05. The fourth-order valence-corrected chi connectivity index (χ4v) is 3.07. The second-order valence-corrected chi connectivity index (χ2v) is 5.89. The minimum atomic E-state index is 0.656. The molecule has 0 saturated carbocycles. The van der Waals surface area contributed by atoms with E-state index in [1.165, 1.54) is 18.5 Å². The SMILES string of the molecule is Cc1cccc(C[C@H]2CCCN(c3ccnc(C)n3)C2)n1. The van der Waals surface area contributed by atoms with Crippen LogP contribution in [-0.4, -0.2) is 28.0 Å². The van der Waals surface area contributed by atoms with E-state index >= 15 is 0 Å². The molecule has 0 radical (unpaired) electrons. The summed E-state index contributed by atoms with van der Waals surface area (Å²) in [5.74, 6) is 2.56. The van der Waals surface area contributed by atoms with Gasteiger partial charge in [0.1, 0.15) is 11.6 Å². The largest absolute Gasteiger partial charge is 0.356 e. The van der Waals surface area contributed by atoms with E-state index < -0.39 is 0 Å². The molecule has 4 nitrogen and oxygen atoms in total. The van der Waals surface area contributed by atoms with Crippen LogP contribution in [0.3, 0.4) is 0 Å². The summed E-state index contributed by atoms with van der Waals surface area (Å²) < 4.78 is 0. The van der Waals surface area contributed by atoms with Crippen molar-refractivity contribution in [3.63, 3.8) is 0 Å². The molecule has 1 atom stereocenters. The van der Waals surface area contributed by atoms with Crippen molar-refractivity contribution in [1.82, 2.24) is 15.0 Å². The molecule has 2 aromatic rings. The van der Waals surface area contributed by atoms with E-state index in [1.807, 2.05) is 19.2 Å². The lowest BCUT2D eigenvalue weighted by molar-refractivity contribution is 0.408. The molecule has 21 heavy (non-hydrogen) atoms. The number of anilines is 1. The molecule has 3 rings (SSSR count). The Morgan fingerprint density at radius 1 is 1.19 bits per heavy atom. The van der Waals surface area contributed by atoms with Crippen LogP contribution in [0.25, 0.3) is 0 Å². The van der Waals surface area contributed by atoms with Gasteiger partial charge in [-0.3, -0.25) is 4.98 Å². The molecular formula is C17H22N4. The summed E-state index contributed by atoms with van der Waals surface area (Å²) in [5, 5.41) is 0. The van der Waals surface area contributed by atoms with Crippen LogP contribution in [0.5, 0.6) is 0 Å². The number of piperidine rings is 1. The Labute approximate surface area is 126 Å². The Bertz CT molecular complexity index is 611. The Kier molecular flexibility index (Phi) is 4.13. The van der Waals surface area contributed by atoms with Gasteiger partial charge in [-0.1, -0.05) is 6.07 Å². The highest BCUT2D eigenvalue weighted by Gasteiger charge is 2.21. The van der Waals surface area contributed by atoms with Crippen LogP contribution in [0.1, 0.15) is 30.1 Å². The molecule has 0 aliphatic carbocycles. The monoisotopic (exact) mass is 282 g/mol. The van der Waals surface area contributed by atoms with Gasteiger partial charge in [-0.15, -0.1) is 0 Å². The topological polar surface area (TPSA) is 41.9 Å². The number of aryl methyl sites for hydroxylation is 2. The van der Waals surface area contributed by atoms with Gasteiger partial charge in [0.15, 0.2) is 0 Å². The molecule has 110 valence electrons. The maximum Gasteiger partial charge on any atom is 0.132 e. The van der Waals surface area contributed by atoms with Gasteiger partial charge < -0.3 is 4.90 Å². The van der Waals surface area contributed by atoms with Crippen LogP contribution in [-0.2, 0) is 6.42 Å². The molecule has 1 aliphatic heterocycles. The highest BCUT2D eigenvalue weighted by molar-refractivity contribution is 5.38. The Balaban J connectivity index is 1.68. The van der Waals surface area contributed by atoms with Gasteiger partial charge in [-0.25, -0.2) is 9.97 Å². The molecule has 0 N–H and O–H groups in total. The van der Waals surface area contributed by atoms with E-state index in [2.05, 4.69) is 45.0 Å². The van der Waals surface area contributed by atoms with Gasteiger partial charge in [0, 0.05) is 30.7 Å². The predicted molar refractivity (Wildman–Crippen MR) is 84.4 cm³/mol. The maximum atomic E-state index is 4.64. The zero-order valence-corrected chi connectivity index (χ0v) is 12.8. The highest BCUT2D eigenvalue weighted by atomic mass is 15.2. The first-order chi connectivity index (χ1) is 10.2. The van der Waals surface area contributed by atoms with Gasteiger partial charge in [0.2, 0.25) is 0 Å². The molecule has 0 amide bonds. The number of pyridine rings is 1. The first kappa shape index (κ1) is 14.0. The van der Waals surface area contributed by atoms with Crippen molar-refractivity contribution in [3.05, 3.63) is 47.7 Å². The number of hydrogen-bond donors (Lipinski definition) is 0. The minimum absolute atomic E-state index is 0.656. The molecule has 4 heteroatoms. The minimum Gasteiger partial charge on any atom is -0.356 e. The van der Waals surface area contributed by atoms with Crippen molar-refractivity contribution in [1.29, 1.82) is 0 Å². The van der Waals surface area contributed by atoms with Crippen molar-refractivity contribution in [2.45, 2.75) is 33.1 Å². The first-order valence-corrected chi connectivity index (χ1v) is 7.68. The molecule has 1 fully saturated rings. The van der Waals surface area contributed by atoms with Crippen molar-refractivity contribution in [2.75, 3.05) is 18.0 Å². The van der Waals surface area contributed by atoms with Crippen LogP contribution in [0.2, 0.25) is 0 Å². The lowest BCUT2D eigenvalue weighted by atomic mass is 9.93. The van der Waals surface area contributed by atoms with Crippen LogP contribution >= 0.6 is 0 Å². The summed E-state index contributed by atoms with van der Waals surface area (Å²) in [7, 11) is 0. The van der Waals surface area contributed by atoms with Crippen molar-refractivity contribution in [3.8, 4) is 0 Å². The van der Waals surface area contributed by atoms with Crippen molar-refractivity contribution < 1.29 is 0 Å². The summed E-state index contributed by atoms with van der Waals surface area (Å²) in [4.78, 5) is 15.8. The van der Waals surface area contributed by atoms with Crippen LogP contribution in [0, 0.1) is 19.8 Å². The van der Waals surface area contributed by atoms with Gasteiger partial charge in [0.25, 0.3) is 0 Å². The summed E-state index contributed by atoms with van der Waals surface area (Å²) in [6.07, 6.45) is 5.40. The van der Waals surface area contributed by atoms with Crippen molar-refractivity contribution >= 4 is 5.82 Å². The molecule has 0 aromatic carbocycles. The summed E-state index contributed by atoms with van der Waals surface area (Å²) in [6.45, 7) is 6.15. The Morgan fingerprint density at radius 3 is 2.90 bits per heavy atom. The molecular weight excluding hydrogens is 260 g/mol. The Morgan fingerprint density at radius 2 is 2.10 bits per heavy atom.